The van der Waals surface area contributed by atoms with Gasteiger partial charge in [-0.25, -0.2) is 8.78 Å². The van der Waals surface area contributed by atoms with Crippen molar-refractivity contribution in [3.63, 3.8) is 0 Å². The lowest BCUT2D eigenvalue weighted by atomic mass is 10.1. The fourth-order valence-corrected chi connectivity index (χ4v) is 2.49. The van der Waals surface area contributed by atoms with Crippen LogP contribution >= 0.6 is 15.9 Å². The minimum Gasteiger partial charge on any atom is -0.368 e. The Kier molecular flexibility index (Phi) is 4.53. The second-order valence-corrected chi connectivity index (χ2v) is 4.92. The van der Waals surface area contributed by atoms with Gasteiger partial charge in [-0.15, -0.1) is 0 Å². The van der Waals surface area contributed by atoms with E-state index in [1.165, 1.54) is 18.2 Å². The third-order valence-electron chi connectivity index (χ3n) is 2.93. The Hall–Kier alpha value is -1.42. The van der Waals surface area contributed by atoms with E-state index in [-0.39, 0.29) is 11.6 Å². The van der Waals surface area contributed by atoms with E-state index in [4.69, 9.17) is 0 Å². The molecule has 19 heavy (non-hydrogen) atoms. The number of hydrogen-bond donors (Lipinski definition) is 0. The first-order chi connectivity index (χ1) is 9.11. The number of para-hydroxylation sites is 1. The van der Waals surface area contributed by atoms with E-state index < -0.39 is 0 Å². The Labute approximate surface area is 120 Å². The van der Waals surface area contributed by atoms with Crippen LogP contribution in [-0.4, -0.2) is 7.05 Å². The molecule has 2 aromatic rings. The van der Waals surface area contributed by atoms with Gasteiger partial charge in [0.2, 0.25) is 0 Å². The quantitative estimate of drug-likeness (QED) is 0.748. The monoisotopic (exact) mass is 325 g/mol. The first-order valence-electron chi connectivity index (χ1n) is 5.90. The minimum absolute atomic E-state index is 0.249. The fourth-order valence-electron chi connectivity index (χ4n) is 2.04. The van der Waals surface area contributed by atoms with Crippen molar-refractivity contribution in [2.24, 2.45) is 0 Å². The Morgan fingerprint density at radius 3 is 2.37 bits per heavy atom. The van der Waals surface area contributed by atoms with E-state index in [1.54, 1.807) is 18.2 Å². The SMILES string of the molecule is CN(Cc1ccc(F)cc1)c1c(F)cccc1CBr. The van der Waals surface area contributed by atoms with Crippen LogP contribution in [0.4, 0.5) is 14.5 Å². The van der Waals surface area contributed by atoms with Gasteiger partial charge in [-0.1, -0.05) is 40.2 Å². The van der Waals surface area contributed by atoms with Crippen LogP contribution in [0.1, 0.15) is 11.1 Å². The van der Waals surface area contributed by atoms with Gasteiger partial charge in [0, 0.05) is 18.9 Å². The molecular formula is C15H14BrF2N. The van der Waals surface area contributed by atoms with Gasteiger partial charge in [-0.2, -0.15) is 0 Å². The predicted molar refractivity (Wildman–Crippen MR) is 77.5 cm³/mol. The van der Waals surface area contributed by atoms with Crippen molar-refractivity contribution in [1.29, 1.82) is 0 Å². The van der Waals surface area contributed by atoms with Gasteiger partial charge in [-0.3, -0.25) is 0 Å². The maximum atomic E-state index is 13.9. The molecule has 0 saturated carbocycles. The van der Waals surface area contributed by atoms with Gasteiger partial charge >= 0.3 is 0 Å². The second-order valence-electron chi connectivity index (χ2n) is 4.36. The smallest absolute Gasteiger partial charge is 0.146 e. The summed E-state index contributed by atoms with van der Waals surface area (Å²) in [7, 11) is 1.83. The zero-order valence-corrected chi connectivity index (χ0v) is 12.1. The summed E-state index contributed by atoms with van der Waals surface area (Å²) in [6.07, 6.45) is 0. The molecule has 0 fully saturated rings. The molecule has 4 heteroatoms. The Morgan fingerprint density at radius 1 is 1.05 bits per heavy atom. The van der Waals surface area contributed by atoms with Crippen LogP contribution in [0.3, 0.4) is 0 Å². The third kappa shape index (κ3) is 3.32. The van der Waals surface area contributed by atoms with Crippen molar-refractivity contribution < 1.29 is 8.78 Å². The van der Waals surface area contributed by atoms with Gasteiger partial charge < -0.3 is 4.90 Å². The standard InChI is InChI=1S/C15H14BrF2N/c1-19(10-11-5-7-13(17)8-6-11)15-12(9-16)3-2-4-14(15)18/h2-8H,9-10H2,1H3. The summed E-state index contributed by atoms with van der Waals surface area (Å²) in [6, 6.07) is 11.3. The van der Waals surface area contributed by atoms with Crippen LogP contribution in [-0.2, 0) is 11.9 Å². The zero-order valence-electron chi connectivity index (χ0n) is 10.5. The molecular weight excluding hydrogens is 312 g/mol. The molecule has 100 valence electrons. The molecule has 0 amide bonds. The van der Waals surface area contributed by atoms with Gasteiger partial charge in [-0.05, 0) is 29.3 Å². The number of halogens is 3. The molecule has 0 aliphatic heterocycles. The highest BCUT2D eigenvalue weighted by molar-refractivity contribution is 9.08. The van der Waals surface area contributed by atoms with Crippen molar-refractivity contribution in [2.75, 3.05) is 11.9 Å². The summed E-state index contributed by atoms with van der Waals surface area (Å²) in [6.45, 7) is 0.529. The molecule has 0 aliphatic rings. The summed E-state index contributed by atoms with van der Waals surface area (Å²) in [5.74, 6) is -0.514. The molecule has 0 heterocycles. The van der Waals surface area contributed by atoms with Crippen molar-refractivity contribution in [2.45, 2.75) is 11.9 Å². The average Bonchev–Trinajstić information content (AvgIpc) is 2.40. The lowest BCUT2D eigenvalue weighted by Gasteiger charge is -2.22. The van der Waals surface area contributed by atoms with E-state index in [9.17, 15) is 8.78 Å². The molecule has 0 bridgehead atoms. The number of rotatable bonds is 4. The largest absolute Gasteiger partial charge is 0.368 e. The van der Waals surface area contributed by atoms with E-state index in [2.05, 4.69) is 15.9 Å². The van der Waals surface area contributed by atoms with E-state index in [0.29, 0.717) is 17.6 Å². The third-order valence-corrected chi connectivity index (χ3v) is 3.53. The van der Waals surface area contributed by atoms with Crippen molar-refractivity contribution in [3.05, 3.63) is 65.2 Å². The van der Waals surface area contributed by atoms with Crippen molar-refractivity contribution >= 4 is 21.6 Å². The summed E-state index contributed by atoms with van der Waals surface area (Å²) < 4.78 is 26.8. The predicted octanol–water partition coefficient (Wildman–Crippen LogP) is 4.50. The molecule has 1 nitrogen and oxygen atoms in total. The lowest BCUT2D eigenvalue weighted by Crippen LogP contribution is -2.19. The Bertz CT molecular complexity index is 555. The summed E-state index contributed by atoms with van der Waals surface area (Å²) in [5.41, 5.74) is 2.40. The zero-order chi connectivity index (χ0) is 13.8. The summed E-state index contributed by atoms with van der Waals surface area (Å²) in [5, 5.41) is 0.591. The van der Waals surface area contributed by atoms with Crippen LogP contribution in [0.15, 0.2) is 42.5 Å². The van der Waals surface area contributed by atoms with Gasteiger partial charge in [0.25, 0.3) is 0 Å². The Morgan fingerprint density at radius 2 is 1.74 bits per heavy atom. The highest BCUT2D eigenvalue weighted by atomic mass is 79.9. The molecule has 0 spiro atoms. The average molecular weight is 326 g/mol. The van der Waals surface area contributed by atoms with Crippen LogP contribution in [0.25, 0.3) is 0 Å². The van der Waals surface area contributed by atoms with Crippen molar-refractivity contribution in [1.82, 2.24) is 0 Å². The van der Waals surface area contributed by atoms with Crippen LogP contribution in [0.5, 0.6) is 0 Å². The first-order valence-corrected chi connectivity index (χ1v) is 7.03. The Balaban J connectivity index is 2.24. The summed E-state index contributed by atoms with van der Waals surface area (Å²) in [4.78, 5) is 1.83. The topological polar surface area (TPSA) is 3.24 Å². The van der Waals surface area contributed by atoms with Gasteiger partial charge in [0.15, 0.2) is 0 Å². The van der Waals surface area contributed by atoms with E-state index in [0.717, 1.165) is 11.1 Å². The molecule has 2 rings (SSSR count). The van der Waals surface area contributed by atoms with E-state index in [1.807, 2.05) is 18.0 Å². The van der Waals surface area contributed by atoms with Gasteiger partial charge in [0.05, 0.1) is 5.69 Å². The fraction of sp³-hybridized carbons (Fsp3) is 0.200. The normalized spacial score (nSPS) is 10.5. The molecule has 0 N–H and O–H groups in total. The van der Waals surface area contributed by atoms with E-state index >= 15 is 0 Å². The maximum Gasteiger partial charge on any atom is 0.146 e. The molecule has 2 aromatic carbocycles. The van der Waals surface area contributed by atoms with Crippen molar-refractivity contribution in [3.8, 4) is 0 Å². The lowest BCUT2D eigenvalue weighted by molar-refractivity contribution is 0.619. The summed E-state index contributed by atoms with van der Waals surface area (Å²) >= 11 is 3.36. The highest BCUT2D eigenvalue weighted by Crippen LogP contribution is 2.26. The number of hydrogen-bond acceptors (Lipinski definition) is 1. The number of nitrogens with zero attached hydrogens (tertiary/aromatic N) is 1. The molecule has 0 atom stereocenters. The molecule has 0 unspecified atom stereocenters. The second kappa shape index (κ2) is 6.15. The number of benzene rings is 2. The van der Waals surface area contributed by atoms with Crippen LogP contribution in [0.2, 0.25) is 0 Å². The van der Waals surface area contributed by atoms with Crippen LogP contribution < -0.4 is 4.90 Å². The molecule has 0 aliphatic carbocycles. The molecule has 0 aromatic heterocycles. The first kappa shape index (κ1) is 14.0. The van der Waals surface area contributed by atoms with Crippen LogP contribution in [0, 0.1) is 11.6 Å². The molecule has 0 radical (unpaired) electrons. The highest BCUT2D eigenvalue weighted by Gasteiger charge is 2.12. The number of anilines is 1. The minimum atomic E-state index is -0.265. The molecule has 0 saturated heterocycles. The van der Waals surface area contributed by atoms with Gasteiger partial charge in [0.1, 0.15) is 11.6 Å². The maximum absolute atomic E-state index is 13.9. The number of alkyl halides is 1.